The van der Waals surface area contributed by atoms with Crippen molar-refractivity contribution in [2.24, 2.45) is 0 Å². The van der Waals surface area contributed by atoms with E-state index < -0.39 is 5.60 Å². The first-order chi connectivity index (χ1) is 7.02. The van der Waals surface area contributed by atoms with Gasteiger partial charge in [0.15, 0.2) is 0 Å². The van der Waals surface area contributed by atoms with E-state index in [9.17, 15) is 14.7 Å². The van der Waals surface area contributed by atoms with Gasteiger partial charge in [-0.05, 0) is 12.8 Å². The minimum atomic E-state index is -0.923. The Bertz CT molecular complexity index is 247. The molecule has 1 fully saturated rings. The van der Waals surface area contributed by atoms with Crippen molar-refractivity contribution in [3.8, 4) is 0 Å². The molecular weight excluding hydrogens is 214 g/mol. The van der Waals surface area contributed by atoms with Crippen LogP contribution in [0.2, 0.25) is 0 Å². The molecule has 0 unspecified atom stereocenters. The van der Waals surface area contributed by atoms with E-state index in [1.54, 1.807) is 0 Å². The molecule has 1 heterocycles. The van der Waals surface area contributed by atoms with Crippen molar-refractivity contribution in [3.63, 3.8) is 0 Å². The summed E-state index contributed by atoms with van der Waals surface area (Å²) in [6, 6.07) is 0. The van der Waals surface area contributed by atoms with Crippen LogP contribution >= 0.6 is 11.8 Å². The summed E-state index contributed by atoms with van der Waals surface area (Å²) in [5.41, 5.74) is -0.923. The van der Waals surface area contributed by atoms with E-state index in [2.05, 4.69) is 0 Å². The summed E-state index contributed by atoms with van der Waals surface area (Å²) < 4.78 is 0. The number of nitrogens with zero attached hydrogens (tertiary/aromatic N) is 1. The average molecular weight is 231 g/mol. The molecule has 15 heavy (non-hydrogen) atoms. The van der Waals surface area contributed by atoms with Gasteiger partial charge in [0.05, 0.1) is 23.7 Å². The average Bonchev–Trinajstić information content (AvgIpc) is 2.23. The van der Waals surface area contributed by atoms with Crippen LogP contribution in [0.5, 0.6) is 0 Å². The number of thioether (sulfide) groups is 1. The van der Waals surface area contributed by atoms with E-state index in [1.807, 2.05) is 13.8 Å². The molecule has 1 aliphatic rings. The third-order valence-corrected chi connectivity index (χ3v) is 3.72. The first-order valence-corrected chi connectivity index (χ1v) is 6.31. The fourth-order valence-corrected chi connectivity index (χ4v) is 2.23. The predicted molar refractivity (Wildman–Crippen MR) is 59.6 cm³/mol. The second-order valence-corrected chi connectivity index (χ2v) is 4.78. The second-order valence-electron chi connectivity index (χ2n) is 3.80. The molecule has 1 N–H and O–H groups in total. The van der Waals surface area contributed by atoms with Crippen molar-refractivity contribution in [1.82, 2.24) is 4.90 Å². The molecule has 1 rings (SSSR count). The fraction of sp³-hybridized carbons (Fsp3) is 0.800. The lowest BCUT2D eigenvalue weighted by atomic mass is 9.97. The van der Waals surface area contributed by atoms with E-state index in [1.165, 1.54) is 16.7 Å². The monoisotopic (exact) mass is 231 g/mol. The van der Waals surface area contributed by atoms with Crippen LogP contribution in [0.15, 0.2) is 0 Å². The smallest absolute Gasteiger partial charge is 0.239 e. The molecule has 2 amide bonds. The zero-order valence-electron chi connectivity index (χ0n) is 9.15. The van der Waals surface area contributed by atoms with Crippen molar-refractivity contribution in [3.05, 3.63) is 0 Å². The van der Waals surface area contributed by atoms with Crippen LogP contribution in [0.3, 0.4) is 0 Å². The zero-order chi connectivity index (χ0) is 11.5. The lowest BCUT2D eigenvalue weighted by Crippen LogP contribution is -2.51. The summed E-state index contributed by atoms with van der Waals surface area (Å²) in [4.78, 5) is 24.2. The maximum absolute atomic E-state index is 11.5. The Morgan fingerprint density at radius 1 is 1.27 bits per heavy atom. The highest BCUT2D eigenvalue weighted by Gasteiger charge is 2.33. The van der Waals surface area contributed by atoms with Crippen molar-refractivity contribution >= 4 is 23.6 Å². The molecule has 0 atom stereocenters. The molecule has 0 bridgehead atoms. The number of hydrogen-bond acceptors (Lipinski definition) is 4. The number of imide groups is 1. The van der Waals surface area contributed by atoms with Gasteiger partial charge in [-0.25, -0.2) is 0 Å². The summed E-state index contributed by atoms with van der Waals surface area (Å²) in [6.07, 6.45) is 1.10. The van der Waals surface area contributed by atoms with Crippen LogP contribution < -0.4 is 0 Å². The SMILES string of the molecule is CCC(O)(CC)CN1C(=O)CSCC1=O. The number of hydrogen-bond donors (Lipinski definition) is 1. The van der Waals surface area contributed by atoms with Gasteiger partial charge in [0, 0.05) is 0 Å². The van der Waals surface area contributed by atoms with Gasteiger partial charge in [0.2, 0.25) is 11.8 Å². The molecule has 1 aliphatic heterocycles. The molecule has 0 aliphatic carbocycles. The Morgan fingerprint density at radius 2 is 1.73 bits per heavy atom. The van der Waals surface area contributed by atoms with Crippen molar-refractivity contribution in [1.29, 1.82) is 0 Å². The largest absolute Gasteiger partial charge is 0.388 e. The fourth-order valence-electron chi connectivity index (χ4n) is 1.46. The van der Waals surface area contributed by atoms with E-state index >= 15 is 0 Å². The molecule has 0 spiro atoms. The minimum absolute atomic E-state index is 0.137. The van der Waals surface area contributed by atoms with Crippen LogP contribution in [0.4, 0.5) is 0 Å². The van der Waals surface area contributed by atoms with Gasteiger partial charge < -0.3 is 5.11 Å². The molecule has 0 aromatic rings. The molecule has 0 aromatic carbocycles. The highest BCUT2D eigenvalue weighted by atomic mass is 32.2. The Hall–Kier alpha value is -0.550. The summed E-state index contributed by atoms with van der Waals surface area (Å²) in [6.45, 7) is 3.85. The molecular formula is C10H17NO3S. The Labute approximate surface area is 94.0 Å². The molecule has 86 valence electrons. The van der Waals surface area contributed by atoms with Crippen LogP contribution in [-0.4, -0.2) is 45.5 Å². The number of amides is 2. The molecule has 4 nitrogen and oxygen atoms in total. The Morgan fingerprint density at radius 3 is 2.13 bits per heavy atom. The minimum Gasteiger partial charge on any atom is -0.388 e. The first-order valence-electron chi connectivity index (χ1n) is 5.15. The Balaban J connectivity index is 2.69. The lowest BCUT2D eigenvalue weighted by molar-refractivity contribution is -0.146. The van der Waals surface area contributed by atoms with E-state index in [4.69, 9.17) is 0 Å². The van der Waals surface area contributed by atoms with Gasteiger partial charge in [-0.2, -0.15) is 0 Å². The van der Waals surface area contributed by atoms with Gasteiger partial charge >= 0.3 is 0 Å². The van der Waals surface area contributed by atoms with Crippen LogP contribution in [0.1, 0.15) is 26.7 Å². The standard InChI is InChI=1S/C10H17NO3S/c1-3-10(14,4-2)7-11-8(12)5-15-6-9(11)13/h14H,3-7H2,1-2H3. The zero-order valence-corrected chi connectivity index (χ0v) is 9.97. The van der Waals surface area contributed by atoms with Crippen LogP contribution in [0.25, 0.3) is 0 Å². The van der Waals surface area contributed by atoms with Gasteiger partial charge in [0.1, 0.15) is 0 Å². The van der Waals surface area contributed by atoms with Gasteiger partial charge in [-0.1, -0.05) is 13.8 Å². The quantitative estimate of drug-likeness (QED) is 0.721. The Kier molecular flexibility index (Phi) is 4.16. The third-order valence-electron chi connectivity index (χ3n) is 2.82. The van der Waals surface area contributed by atoms with E-state index in [-0.39, 0.29) is 18.4 Å². The van der Waals surface area contributed by atoms with E-state index in [0.29, 0.717) is 24.3 Å². The maximum atomic E-state index is 11.5. The highest BCUT2D eigenvalue weighted by molar-refractivity contribution is 8.00. The third kappa shape index (κ3) is 2.95. The molecule has 0 saturated carbocycles. The summed E-state index contributed by atoms with van der Waals surface area (Å²) in [7, 11) is 0. The van der Waals surface area contributed by atoms with Crippen molar-refractivity contribution in [2.45, 2.75) is 32.3 Å². The molecule has 1 saturated heterocycles. The van der Waals surface area contributed by atoms with Gasteiger partial charge in [0.25, 0.3) is 0 Å². The number of carbonyl (C=O) groups is 2. The van der Waals surface area contributed by atoms with Crippen LogP contribution in [0, 0.1) is 0 Å². The van der Waals surface area contributed by atoms with E-state index in [0.717, 1.165) is 0 Å². The number of β-amino-alcohol motifs (C(OH)–C–C–N with tert-alkyl or cyclic N) is 1. The first kappa shape index (κ1) is 12.5. The number of rotatable bonds is 4. The normalized spacial score (nSPS) is 18.5. The van der Waals surface area contributed by atoms with Crippen molar-refractivity contribution < 1.29 is 14.7 Å². The molecule has 0 aromatic heterocycles. The highest BCUT2D eigenvalue weighted by Crippen LogP contribution is 2.20. The van der Waals surface area contributed by atoms with Gasteiger partial charge in [-0.3, -0.25) is 14.5 Å². The lowest BCUT2D eigenvalue weighted by Gasteiger charge is -2.33. The summed E-state index contributed by atoms with van der Waals surface area (Å²) >= 11 is 1.33. The predicted octanol–water partition coefficient (Wildman–Crippen LogP) is 0.639. The summed E-state index contributed by atoms with van der Waals surface area (Å²) in [5.74, 6) is 0.318. The van der Waals surface area contributed by atoms with Gasteiger partial charge in [-0.15, -0.1) is 11.8 Å². The summed E-state index contributed by atoms with van der Waals surface area (Å²) in [5, 5.41) is 10.1. The second kappa shape index (κ2) is 4.99. The topological polar surface area (TPSA) is 57.6 Å². The molecule has 0 radical (unpaired) electrons. The van der Waals surface area contributed by atoms with Crippen LogP contribution in [-0.2, 0) is 9.59 Å². The number of carbonyl (C=O) groups excluding carboxylic acids is 2. The molecule has 5 heteroatoms. The maximum Gasteiger partial charge on any atom is 0.239 e. The van der Waals surface area contributed by atoms with Crippen molar-refractivity contribution in [2.75, 3.05) is 18.1 Å². The number of aliphatic hydroxyl groups is 1.